The lowest BCUT2D eigenvalue weighted by atomic mass is 9.91. The van der Waals surface area contributed by atoms with Crippen LogP contribution in [0.2, 0.25) is 0 Å². The van der Waals surface area contributed by atoms with Gasteiger partial charge in [-0.25, -0.2) is 8.78 Å². The lowest BCUT2D eigenvalue weighted by Crippen LogP contribution is -2.46. The zero-order valence-corrected chi connectivity index (χ0v) is 18.6. The van der Waals surface area contributed by atoms with E-state index in [2.05, 4.69) is 19.8 Å². The Hall–Kier alpha value is -3.00. The van der Waals surface area contributed by atoms with Gasteiger partial charge in [-0.1, -0.05) is 13.0 Å². The number of hydrogen-bond donors (Lipinski definition) is 0. The van der Waals surface area contributed by atoms with Gasteiger partial charge in [0.15, 0.2) is 11.6 Å². The van der Waals surface area contributed by atoms with Crippen molar-refractivity contribution in [3.05, 3.63) is 58.7 Å². The first-order chi connectivity index (χ1) is 15.8. The summed E-state index contributed by atoms with van der Waals surface area (Å²) in [6.45, 7) is 5.99. The zero-order chi connectivity index (χ0) is 23.2. The Balaban J connectivity index is 1.19. The molecule has 0 spiro atoms. The van der Waals surface area contributed by atoms with Crippen molar-refractivity contribution in [2.75, 3.05) is 31.1 Å². The molecule has 8 heteroatoms. The van der Waals surface area contributed by atoms with Gasteiger partial charge in [0.2, 0.25) is 0 Å². The van der Waals surface area contributed by atoms with E-state index in [4.69, 9.17) is 0 Å². The summed E-state index contributed by atoms with van der Waals surface area (Å²) in [6.07, 6.45) is 5.47. The summed E-state index contributed by atoms with van der Waals surface area (Å²) in [6, 6.07) is 5.73. The monoisotopic (exact) mass is 452 g/mol. The molecule has 2 aromatic rings. The van der Waals surface area contributed by atoms with Gasteiger partial charge in [-0.2, -0.15) is 0 Å². The molecule has 172 valence electrons. The minimum atomic E-state index is -2.74. The first kappa shape index (κ1) is 21.8. The lowest BCUT2D eigenvalue weighted by molar-refractivity contribution is -0.115. The molecule has 0 N–H and O–H groups in total. The minimum Gasteiger partial charge on any atom is -0.368 e. The molecule has 0 aromatic carbocycles. The molecule has 2 aromatic heterocycles. The molecular weight excluding hydrogens is 426 g/mol. The molecule has 1 saturated carbocycles. The van der Waals surface area contributed by atoms with Gasteiger partial charge in [0.05, 0.1) is 23.5 Å². The van der Waals surface area contributed by atoms with Crippen LogP contribution in [-0.4, -0.2) is 58.5 Å². The number of rotatable bonds is 6. The molecule has 1 atom stereocenters. The Morgan fingerprint density at radius 3 is 2.55 bits per heavy atom. The van der Waals surface area contributed by atoms with Crippen LogP contribution < -0.4 is 4.90 Å². The highest BCUT2D eigenvalue weighted by atomic mass is 19.3. The molecule has 1 aliphatic heterocycles. The summed E-state index contributed by atoms with van der Waals surface area (Å²) in [4.78, 5) is 37.5. The first-order valence-electron chi connectivity index (χ1n) is 11.4. The van der Waals surface area contributed by atoms with E-state index < -0.39 is 11.8 Å². The molecule has 0 radical (unpaired) electrons. The molecule has 33 heavy (non-hydrogen) atoms. The largest absolute Gasteiger partial charge is 0.368 e. The van der Waals surface area contributed by atoms with E-state index in [0.29, 0.717) is 17.8 Å². The van der Waals surface area contributed by atoms with Gasteiger partial charge in [-0.15, -0.1) is 0 Å². The highest BCUT2D eigenvalue weighted by Gasteiger charge is 2.60. The highest BCUT2D eigenvalue weighted by molar-refractivity contribution is 6.04. The summed E-state index contributed by atoms with van der Waals surface area (Å²) < 4.78 is 26.8. The zero-order valence-electron chi connectivity index (χ0n) is 18.6. The number of Topliss-reactive ketones (excluding diaryl/α,β-unsaturated/α-hetero) is 2. The minimum absolute atomic E-state index is 0.0453. The van der Waals surface area contributed by atoms with Crippen LogP contribution in [0.1, 0.15) is 47.1 Å². The number of fused-ring (bicyclic) bond motifs is 1. The van der Waals surface area contributed by atoms with Gasteiger partial charge in [0.25, 0.3) is 5.92 Å². The molecule has 0 bridgehead atoms. The lowest BCUT2D eigenvalue weighted by Gasteiger charge is -2.36. The number of ketones is 2. The fourth-order valence-electron chi connectivity index (χ4n) is 4.62. The van der Waals surface area contributed by atoms with Gasteiger partial charge in [0.1, 0.15) is 5.69 Å². The Morgan fingerprint density at radius 1 is 1.15 bits per heavy atom. The van der Waals surface area contributed by atoms with Crippen LogP contribution in [0.25, 0.3) is 6.08 Å². The second kappa shape index (κ2) is 8.41. The summed E-state index contributed by atoms with van der Waals surface area (Å²) in [5.74, 6) is -3.84. The van der Waals surface area contributed by atoms with E-state index in [1.54, 1.807) is 24.5 Å². The number of halogens is 2. The third-order valence-electron chi connectivity index (χ3n) is 6.72. The van der Waals surface area contributed by atoms with Crippen LogP contribution in [0.5, 0.6) is 0 Å². The standard InChI is InChI=1S/C25H26F2N4O2/c1-2-23(32)21-4-3-18(14-29-21)31-7-5-30(6-8-31)15-16-9-17-10-24(33)19(11-22(17)28-13-16)20-12-25(20,26)27/h3-4,9,11,13-14,20H,2,5-8,10,12,15H2,1H3/t20-/m0/s1. The van der Waals surface area contributed by atoms with E-state index in [0.717, 1.165) is 49.5 Å². The number of hydrogen-bond acceptors (Lipinski definition) is 6. The van der Waals surface area contributed by atoms with Crippen LogP contribution in [0.15, 0.2) is 36.2 Å². The third kappa shape index (κ3) is 4.44. The summed E-state index contributed by atoms with van der Waals surface area (Å²) in [5, 5.41) is 0. The molecule has 6 nitrogen and oxygen atoms in total. The van der Waals surface area contributed by atoms with Crippen molar-refractivity contribution in [2.45, 2.75) is 38.7 Å². The second-order valence-corrected chi connectivity index (χ2v) is 9.05. The Bertz CT molecular complexity index is 1120. The van der Waals surface area contributed by atoms with Gasteiger partial charge in [-0.3, -0.25) is 24.5 Å². The summed E-state index contributed by atoms with van der Waals surface area (Å²) in [5.41, 5.74) is 4.22. The van der Waals surface area contributed by atoms with Crippen molar-refractivity contribution in [3.8, 4) is 0 Å². The number of carbonyl (C=O) groups is 2. The van der Waals surface area contributed by atoms with E-state index in [1.807, 2.05) is 19.1 Å². The number of nitrogens with zero attached hydrogens (tertiary/aromatic N) is 4. The van der Waals surface area contributed by atoms with Crippen LogP contribution in [0.4, 0.5) is 14.5 Å². The van der Waals surface area contributed by atoms with Gasteiger partial charge < -0.3 is 4.90 Å². The number of carbonyl (C=O) groups excluding carboxylic acids is 2. The Labute approximate surface area is 191 Å². The maximum Gasteiger partial charge on any atom is 0.256 e. The average molecular weight is 453 g/mol. The maximum atomic E-state index is 13.4. The van der Waals surface area contributed by atoms with E-state index in [-0.39, 0.29) is 30.0 Å². The quantitative estimate of drug-likeness (QED) is 0.625. The topological polar surface area (TPSA) is 66.4 Å². The number of aromatic nitrogens is 2. The average Bonchev–Trinajstić information content (AvgIpc) is 3.46. The fraction of sp³-hybridized carbons (Fsp3) is 0.440. The van der Waals surface area contributed by atoms with E-state index in [1.165, 1.54) is 0 Å². The normalized spacial score (nSPS) is 22.0. The van der Waals surface area contributed by atoms with Crippen LogP contribution in [0.3, 0.4) is 0 Å². The van der Waals surface area contributed by atoms with Crippen molar-refractivity contribution in [1.82, 2.24) is 14.9 Å². The Kier molecular flexibility index (Phi) is 5.56. The van der Waals surface area contributed by atoms with Crippen LogP contribution >= 0.6 is 0 Å². The van der Waals surface area contributed by atoms with Crippen molar-refractivity contribution in [1.29, 1.82) is 0 Å². The van der Waals surface area contributed by atoms with Gasteiger partial charge in [-0.05, 0) is 29.3 Å². The van der Waals surface area contributed by atoms with E-state index in [9.17, 15) is 18.4 Å². The van der Waals surface area contributed by atoms with Crippen LogP contribution in [-0.2, 0) is 17.8 Å². The maximum absolute atomic E-state index is 13.4. The fourth-order valence-corrected chi connectivity index (χ4v) is 4.62. The highest BCUT2D eigenvalue weighted by Crippen LogP contribution is 2.54. The summed E-state index contributed by atoms with van der Waals surface area (Å²) in [7, 11) is 0. The van der Waals surface area contributed by atoms with Crippen LogP contribution in [0, 0.1) is 5.92 Å². The predicted octanol–water partition coefficient (Wildman–Crippen LogP) is 3.56. The van der Waals surface area contributed by atoms with Crippen molar-refractivity contribution in [3.63, 3.8) is 0 Å². The number of alkyl halides is 2. The predicted molar refractivity (Wildman–Crippen MR) is 120 cm³/mol. The third-order valence-corrected chi connectivity index (χ3v) is 6.72. The number of piperazine rings is 1. The molecule has 0 amide bonds. The number of allylic oxidation sites excluding steroid dienone is 1. The molecule has 2 aliphatic carbocycles. The SMILES string of the molecule is CCC(=O)c1ccc(N2CCN(Cc3cnc4c(c3)CC(=O)C([C@@H]3CC3(F)F)=C4)CC2)cn1. The van der Waals surface area contributed by atoms with Crippen molar-refractivity contribution < 1.29 is 18.4 Å². The molecule has 3 aliphatic rings. The molecular formula is C25H26F2N4O2. The van der Waals surface area contributed by atoms with Gasteiger partial charge in [0, 0.05) is 63.8 Å². The molecule has 3 heterocycles. The summed E-state index contributed by atoms with van der Waals surface area (Å²) >= 11 is 0. The molecule has 2 fully saturated rings. The Morgan fingerprint density at radius 2 is 1.91 bits per heavy atom. The van der Waals surface area contributed by atoms with Crippen molar-refractivity contribution in [2.24, 2.45) is 5.92 Å². The smallest absolute Gasteiger partial charge is 0.256 e. The molecule has 5 rings (SSSR count). The van der Waals surface area contributed by atoms with Crippen molar-refractivity contribution >= 4 is 23.3 Å². The molecule has 0 unspecified atom stereocenters. The number of pyridine rings is 2. The molecule has 1 saturated heterocycles. The number of anilines is 1. The second-order valence-electron chi connectivity index (χ2n) is 9.05. The van der Waals surface area contributed by atoms with E-state index >= 15 is 0 Å². The van der Waals surface area contributed by atoms with Gasteiger partial charge >= 0.3 is 0 Å². The first-order valence-corrected chi connectivity index (χ1v) is 11.4.